The van der Waals surface area contributed by atoms with E-state index >= 15 is 0 Å². The molecule has 0 radical (unpaired) electrons. The van der Waals surface area contributed by atoms with Gasteiger partial charge in [0.15, 0.2) is 11.5 Å². The monoisotopic (exact) mass is 192 g/mol. The molecule has 0 saturated heterocycles. The zero-order valence-electron chi connectivity index (χ0n) is 8.75. The third-order valence-electron chi connectivity index (χ3n) is 2.49. The molecule has 0 aromatic heterocycles. The van der Waals surface area contributed by atoms with Gasteiger partial charge in [-0.2, -0.15) is 0 Å². The van der Waals surface area contributed by atoms with Gasteiger partial charge in [-0.1, -0.05) is 25.5 Å². The molecule has 2 rings (SSSR count). The van der Waals surface area contributed by atoms with Crippen molar-refractivity contribution in [2.75, 3.05) is 0 Å². The van der Waals surface area contributed by atoms with E-state index in [4.69, 9.17) is 9.47 Å². The molecular formula is C12H16O2. The fourth-order valence-electron chi connectivity index (χ4n) is 1.70. The Labute approximate surface area is 84.8 Å². The lowest BCUT2D eigenvalue weighted by atomic mass is 10.1. The summed E-state index contributed by atoms with van der Waals surface area (Å²) >= 11 is 0. The molecule has 0 aliphatic carbocycles. The van der Waals surface area contributed by atoms with Crippen molar-refractivity contribution in [2.45, 2.75) is 38.9 Å². The molecule has 1 heterocycles. The summed E-state index contributed by atoms with van der Waals surface area (Å²) in [6, 6.07) is 7.83. The van der Waals surface area contributed by atoms with Crippen molar-refractivity contribution in [3.63, 3.8) is 0 Å². The molecular weight excluding hydrogens is 176 g/mol. The van der Waals surface area contributed by atoms with Gasteiger partial charge in [0.2, 0.25) is 5.79 Å². The predicted octanol–water partition coefficient (Wildman–Crippen LogP) is 3.36. The second kappa shape index (κ2) is 3.52. The van der Waals surface area contributed by atoms with Gasteiger partial charge in [0.05, 0.1) is 0 Å². The van der Waals surface area contributed by atoms with Crippen molar-refractivity contribution < 1.29 is 9.47 Å². The average molecular weight is 192 g/mol. The van der Waals surface area contributed by atoms with Gasteiger partial charge in [-0.05, 0) is 18.6 Å². The summed E-state index contributed by atoms with van der Waals surface area (Å²) in [4.78, 5) is 0. The number of rotatable bonds is 3. The molecule has 2 nitrogen and oxygen atoms in total. The molecule has 0 bridgehead atoms. The van der Waals surface area contributed by atoms with E-state index in [0.717, 1.165) is 24.3 Å². The first-order valence-electron chi connectivity index (χ1n) is 5.20. The van der Waals surface area contributed by atoms with Gasteiger partial charge >= 0.3 is 0 Å². The Kier molecular flexibility index (Phi) is 2.36. The molecule has 0 amide bonds. The maximum atomic E-state index is 5.77. The van der Waals surface area contributed by atoms with Crippen LogP contribution in [0.25, 0.3) is 0 Å². The van der Waals surface area contributed by atoms with Crippen LogP contribution in [-0.4, -0.2) is 5.79 Å². The quantitative estimate of drug-likeness (QED) is 0.731. The van der Waals surface area contributed by atoms with Crippen molar-refractivity contribution >= 4 is 0 Å². The number of unbranched alkanes of at least 4 members (excludes halogenated alkanes) is 1. The molecule has 0 atom stereocenters. The number of ether oxygens (including phenoxy) is 2. The van der Waals surface area contributed by atoms with Crippen LogP contribution < -0.4 is 9.47 Å². The normalized spacial score (nSPS) is 17.0. The third-order valence-corrected chi connectivity index (χ3v) is 2.49. The van der Waals surface area contributed by atoms with Crippen LogP contribution in [0.5, 0.6) is 11.5 Å². The van der Waals surface area contributed by atoms with Gasteiger partial charge in [0, 0.05) is 13.3 Å². The van der Waals surface area contributed by atoms with Gasteiger partial charge in [0.25, 0.3) is 0 Å². The van der Waals surface area contributed by atoms with E-state index in [1.807, 2.05) is 31.2 Å². The maximum absolute atomic E-state index is 5.77. The Hall–Kier alpha value is -1.18. The SMILES string of the molecule is CCCCC1(C)Oc2ccccc2O1. The minimum atomic E-state index is -0.445. The summed E-state index contributed by atoms with van der Waals surface area (Å²) in [6.45, 7) is 4.17. The molecule has 0 unspecified atom stereocenters. The summed E-state index contributed by atoms with van der Waals surface area (Å²) in [6.07, 6.45) is 3.24. The second-order valence-corrected chi connectivity index (χ2v) is 3.89. The van der Waals surface area contributed by atoms with Crippen LogP contribution >= 0.6 is 0 Å². The highest BCUT2D eigenvalue weighted by Gasteiger charge is 2.35. The predicted molar refractivity (Wildman–Crippen MR) is 55.6 cm³/mol. The van der Waals surface area contributed by atoms with Crippen molar-refractivity contribution in [3.8, 4) is 11.5 Å². The van der Waals surface area contributed by atoms with Crippen LogP contribution in [-0.2, 0) is 0 Å². The van der Waals surface area contributed by atoms with Gasteiger partial charge in [0.1, 0.15) is 0 Å². The molecule has 14 heavy (non-hydrogen) atoms. The van der Waals surface area contributed by atoms with E-state index in [2.05, 4.69) is 6.92 Å². The van der Waals surface area contributed by atoms with Gasteiger partial charge < -0.3 is 9.47 Å². The molecule has 2 heteroatoms. The smallest absolute Gasteiger partial charge is 0.248 e. The topological polar surface area (TPSA) is 18.5 Å². The van der Waals surface area contributed by atoms with E-state index in [1.54, 1.807) is 0 Å². The molecule has 76 valence electrons. The van der Waals surface area contributed by atoms with E-state index in [1.165, 1.54) is 6.42 Å². The average Bonchev–Trinajstić information content (AvgIpc) is 2.51. The van der Waals surface area contributed by atoms with E-state index in [-0.39, 0.29) is 0 Å². The highest BCUT2D eigenvalue weighted by atomic mass is 16.7. The second-order valence-electron chi connectivity index (χ2n) is 3.89. The van der Waals surface area contributed by atoms with Crippen molar-refractivity contribution in [1.29, 1.82) is 0 Å². The zero-order chi connectivity index (χ0) is 10.0. The van der Waals surface area contributed by atoms with Crippen molar-refractivity contribution in [2.24, 2.45) is 0 Å². The minimum absolute atomic E-state index is 0.445. The van der Waals surface area contributed by atoms with Crippen LogP contribution in [0, 0.1) is 0 Å². The lowest BCUT2D eigenvalue weighted by molar-refractivity contribution is -0.0694. The number of para-hydroxylation sites is 2. The summed E-state index contributed by atoms with van der Waals surface area (Å²) in [5.74, 6) is 1.29. The standard InChI is InChI=1S/C12H16O2/c1-3-4-9-12(2)13-10-7-5-6-8-11(10)14-12/h5-8H,3-4,9H2,1-2H3. The van der Waals surface area contributed by atoms with Crippen LogP contribution in [0.1, 0.15) is 33.1 Å². The molecule has 1 aliphatic heterocycles. The third kappa shape index (κ3) is 1.69. The summed E-state index contributed by atoms with van der Waals surface area (Å²) in [7, 11) is 0. The van der Waals surface area contributed by atoms with E-state index < -0.39 is 5.79 Å². The Balaban J connectivity index is 2.09. The summed E-state index contributed by atoms with van der Waals surface area (Å²) in [5, 5.41) is 0. The Morgan fingerprint density at radius 2 is 1.71 bits per heavy atom. The fourth-order valence-corrected chi connectivity index (χ4v) is 1.70. The van der Waals surface area contributed by atoms with Crippen LogP contribution in [0.4, 0.5) is 0 Å². The molecule has 0 fully saturated rings. The first-order valence-corrected chi connectivity index (χ1v) is 5.20. The number of fused-ring (bicyclic) bond motifs is 1. The lowest BCUT2D eigenvalue weighted by Crippen LogP contribution is -2.34. The number of hydrogen-bond acceptors (Lipinski definition) is 2. The zero-order valence-corrected chi connectivity index (χ0v) is 8.75. The van der Waals surface area contributed by atoms with Crippen molar-refractivity contribution in [1.82, 2.24) is 0 Å². The van der Waals surface area contributed by atoms with Gasteiger partial charge in [-0.3, -0.25) is 0 Å². The lowest BCUT2D eigenvalue weighted by Gasteiger charge is -2.22. The molecule has 0 N–H and O–H groups in total. The molecule has 1 aromatic carbocycles. The molecule has 0 spiro atoms. The maximum Gasteiger partial charge on any atom is 0.248 e. The molecule has 0 saturated carbocycles. The van der Waals surface area contributed by atoms with Gasteiger partial charge in [-0.25, -0.2) is 0 Å². The largest absolute Gasteiger partial charge is 0.449 e. The van der Waals surface area contributed by atoms with E-state index in [0.29, 0.717) is 0 Å². The highest BCUT2D eigenvalue weighted by Crippen LogP contribution is 2.40. The van der Waals surface area contributed by atoms with Gasteiger partial charge in [-0.15, -0.1) is 0 Å². The molecule has 1 aromatic rings. The van der Waals surface area contributed by atoms with Crippen LogP contribution in [0.3, 0.4) is 0 Å². The van der Waals surface area contributed by atoms with Crippen LogP contribution in [0.2, 0.25) is 0 Å². The van der Waals surface area contributed by atoms with Crippen molar-refractivity contribution in [3.05, 3.63) is 24.3 Å². The fraction of sp³-hybridized carbons (Fsp3) is 0.500. The number of hydrogen-bond donors (Lipinski definition) is 0. The Morgan fingerprint density at radius 1 is 1.14 bits per heavy atom. The van der Waals surface area contributed by atoms with Crippen LogP contribution in [0.15, 0.2) is 24.3 Å². The summed E-state index contributed by atoms with van der Waals surface area (Å²) < 4.78 is 11.5. The number of benzene rings is 1. The highest BCUT2D eigenvalue weighted by molar-refractivity contribution is 5.42. The molecule has 1 aliphatic rings. The minimum Gasteiger partial charge on any atom is -0.449 e. The Morgan fingerprint density at radius 3 is 2.21 bits per heavy atom. The summed E-state index contributed by atoms with van der Waals surface area (Å²) in [5.41, 5.74) is 0. The first-order chi connectivity index (χ1) is 6.73. The van der Waals surface area contributed by atoms with E-state index in [9.17, 15) is 0 Å². The Bertz CT molecular complexity index is 295. The first kappa shape index (κ1) is 9.38.